The summed E-state index contributed by atoms with van der Waals surface area (Å²) in [7, 11) is 1.69. The van der Waals surface area contributed by atoms with Gasteiger partial charge in [-0.2, -0.15) is 10.2 Å². The van der Waals surface area contributed by atoms with Crippen LogP contribution in [-0.2, 0) is 6.54 Å². The highest BCUT2D eigenvalue weighted by Gasteiger charge is 2.10. The molecule has 1 heterocycles. The summed E-state index contributed by atoms with van der Waals surface area (Å²) >= 11 is 0. The number of rotatable bonds is 9. The molecule has 0 aliphatic carbocycles. The Labute approximate surface area is 116 Å². The first-order valence-electron chi connectivity index (χ1n) is 7.19. The highest BCUT2D eigenvalue weighted by atomic mass is 16.7. The van der Waals surface area contributed by atoms with Crippen LogP contribution in [0.2, 0.25) is 0 Å². The van der Waals surface area contributed by atoms with E-state index >= 15 is 0 Å². The maximum absolute atomic E-state index is 5.78. The Morgan fingerprint density at radius 2 is 2.00 bits per heavy atom. The molecular formula is C15H26N3O+. The van der Waals surface area contributed by atoms with Gasteiger partial charge >= 0.3 is 0 Å². The van der Waals surface area contributed by atoms with Crippen LogP contribution in [0.5, 0.6) is 0 Å². The normalized spacial score (nSPS) is 12.8. The molecule has 0 fully saturated rings. The van der Waals surface area contributed by atoms with Gasteiger partial charge in [-0.3, -0.25) is 4.84 Å². The van der Waals surface area contributed by atoms with Crippen LogP contribution in [0.1, 0.15) is 45.1 Å². The molecule has 0 spiro atoms. The third-order valence-corrected chi connectivity index (χ3v) is 3.27. The average Bonchev–Trinajstić information content (AvgIpc) is 2.46. The Morgan fingerprint density at radius 3 is 2.58 bits per heavy atom. The van der Waals surface area contributed by atoms with Gasteiger partial charge in [-0.1, -0.05) is 26.7 Å². The molecule has 0 aromatic carbocycles. The van der Waals surface area contributed by atoms with Gasteiger partial charge in [0, 0.05) is 23.9 Å². The van der Waals surface area contributed by atoms with E-state index in [-0.39, 0.29) is 0 Å². The number of hydrogen-bond acceptors (Lipinski definition) is 3. The first-order valence-corrected chi connectivity index (χ1v) is 7.19. The summed E-state index contributed by atoms with van der Waals surface area (Å²) < 4.78 is 1.78. The molecule has 4 nitrogen and oxygen atoms in total. The third kappa shape index (κ3) is 6.32. The molecule has 0 radical (unpaired) electrons. The summed E-state index contributed by atoms with van der Waals surface area (Å²) in [6.45, 7) is 5.88. The van der Waals surface area contributed by atoms with E-state index in [1.807, 2.05) is 24.5 Å². The molecule has 0 aliphatic heterocycles. The quantitative estimate of drug-likeness (QED) is 0.498. The van der Waals surface area contributed by atoms with Crippen LogP contribution in [0.15, 0.2) is 34.8 Å². The number of hydrogen-bond donors (Lipinski definition) is 0. The van der Waals surface area contributed by atoms with Gasteiger partial charge in [-0.25, -0.2) is 0 Å². The fraction of sp³-hybridized carbons (Fsp3) is 0.667. The first-order chi connectivity index (χ1) is 9.30. The molecule has 0 saturated heterocycles. The Morgan fingerprint density at radius 1 is 1.26 bits per heavy atom. The van der Waals surface area contributed by atoms with Crippen molar-refractivity contribution in [3.8, 4) is 0 Å². The summed E-state index contributed by atoms with van der Waals surface area (Å²) in [6, 6.07) is 4.03. The summed E-state index contributed by atoms with van der Waals surface area (Å²) in [6.07, 6.45) is 8.84. The molecule has 0 saturated carbocycles. The minimum absolute atomic E-state index is 0.630. The second-order valence-electron chi connectivity index (χ2n) is 4.78. The highest BCUT2D eigenvalue weighted by Crippen LogP contribution is 2.11. The van der Waals surface area contributed by atoms with Crippen LogP contribution in [0.3, 0.4) is 0 Å². The van der Waals surface area contributed by atoms with Crippen molar-refractivity contribution in [2.24, 2.45) is 16.1 Å². The Bertz CT molecular complexity index is 362. The number of pyridine rings is 1. The zero-order valence-corrected chi connectivity index (χ0v) is 12.4. The topological polar surface area (TPSA) is 37.8 Å². The van der Waals surface area contributed by atoms with Gasteiger partial charge in [0.25, 0.3) is 0 Å². The lowest BCUT2D eigenvalue weighted by Gasteiger charge is -2.11. The van der Waals surface area contributed by atoms with E-state index < -0.39 is 0 Å². The van der Waals surface area contributed by atoms with E-state index in [0.29, 0.717) is 12.5 Å². The molecule has 1 unspecified atom stereocenters. The SMILES string of the molecule is CCCCC(CC)CO[n+]1ccc(CN=NC)cc1. The molecule has 4 heteroatoms. The van der Waals surface area contributed by atoms with Crippen LogP contribution in [0, 0.1) is 5.92 Å². The van der Waals surface area contributed by atoms with E-state index in [9.17, 15) is 0 Å². The van der Waals surface area contributed by atoms with Crippen molar-refractivity contribution in [3.63, 3.8) is 0 Å². The molecule has 1 aromatic rings. The Hall–Kier alpha value is -1.45. The minimum atomic E-state index is 0.630. The van der Waals surface area contributed by atoms with Gasteiger partial charge in [0.2, 0.25) is 12.4 Å². The molecule has 0 amide bonds. The van der Waals surface area contributed by atoms with E-state index in [4.69, 9.17) is 4.84 Å². The maximum atomic E-state index is 5.78. The van der Waals surface area contributed by atoms with E-state index in [1.54, 1.807) is 11.8 Å². The van der Waals surface area contributed by atoms with Crippen molar-refractivity contribution >= 4 is 0 Å². The number of aromatic nitrogens is 1. The van der Waals surface area contributed by atoms with Crippen LogP contribution in [-0.4, -0.2) is 13.7 Å². The van der Waals surface area contributed by atoms with Crippen LogP contribution in [0.25, 0.3) is 0 Å². The van der Waals surface area contributed by atoms with Crippen molar-refractivity contribution in [3.05, 3.63) is 30.1 Å². The van der Waals surface area contributed by atoms with Crippen molar-refractivity contribution in [1.82, 2.24) is 0 Å². The van der Waals surface area contributed by atoms with E-state index in [0.717, 1.165) is 12.2 Å². The van der Waals surface area contributed by atoms with Crippen LogP contribution in [0.4, 0.5) is 0 Å². The van der Waals surface area contributed by atoms with Crippen molar-refractivity contribution in [2.75, 3.05) is 13.7 Å². The average molecular weight is 264 g/mol. The van der Waals surface area contributed by atoms with Crippen LogP contribution < -0.4 is 9.57 Å². The third-order valence-electron chi connectivity index (χ3n) is 3.27. The number of nitrogens with zero attached hydrogens (tertiary/aromatic N) is 3. The van der Waals surface area contributed by atoms with Gasteiger partial charge in [0.1, 0.15) is 0 Å². The fourth-order valence-corrected chi connectivity index (χ4v) is 1.88. The molecule has 106 valence electrons. The fourth-order valence-electron chi connectivity index (χ4n) is 1.88. The van der Waals surface area contributed by atoms with Gasteiger partial charge < -0.3 is 0 Å². The van der Waals surface area contributed by atoms with Gasteiger partial charge in [-0.15, -0.1) is 0 Å². The zero-order chi connectivity index (χ0) is 13.9. The molecular weight excluding hydrogens is 238 g/mol. The predicted molar refractivity (Wildman–Crippen MR) is 75.9 cm³/mol. The second kappa shape index (κ2) is 9.48. The summed E-state index contributed by atoms with van der Waals surface area (Å²) in [5.41, 5.74) is 1.14. The first kappa shape index (κ1) is 15.6. The van der Waals surface area contributed by atoms with E-state index in [2.05, 4.69) is 24.1 Å². The van der Waals surface area contributed by atoms with E-state index in [1.165, 1.54) is 25.7 Å². The molecule has 1 rings (SSSR count). The lowest BCUT2D eigenvalue weighted by Crippen LogP contribution is -2.44. The lowest BCUT2D eigenvalue weighted by molar-refractivity contribution is -0.892. The largest absolute Gasteiger partial charge is 0.271 e. The van der Waals surface area contributed by atoms with Crippen molar-refractivity contribution in [1.29, 1.82) is 0 Å². The summed E-state index contributed by atoms with van der Waals surface area (Å²) in [5, 5.41) is 7.71. The number of azo groups is 1. The smallest absolute Gasteiger partial charge is 0.222 e. The van der Waals surface area contributed by atoms with Gasteiger partial charge in [0.05, 0.1) is 6.54 Å². The molecule has 1 atom stereocenters. The van der Waals surface area contributed by atoms with Gasteiger partial charge in [-0.05, 0) is 24.3 Å². The lowest BCUT2D eigenvalue weighted by atomic mass is 10.0. The molecule has 0 aliphatic rings. The second-order valence-corrected chi connectivity index (χ2v) is 4.78. The zero-order valence-electron chi connectivity index (χ0n) is 12.4. The Kier molecular flexibility index (Phi) is 7.78. The van der Waals surface area contributed by atoms with Crippen molar-refractivity contribution in [2.45, 2.75) is 46.1 Å². The molecule has 1 aromatic heterocycles. The van der Waals surface area contributed by atoms with Crippen molar-refractivity contribution < 1.29 is 9.57 Å². The molecule has 0 N–H and O–H groups in total. The maximum Gasteiger partial charge on any atom is 0.222 e. The minimum Gasteiger partial charge on any atom is -0.271 e. The highest BCUT2D eigenvalue weighted by molar-refractivity contribution is 5.06. The number of unbranched alkanes of at least 4 members (excludes halogenated alkanes) is 1. The monoisotopic (exact) mass is 264 g/mol. The molecule has 19 heavy (non-hydrogen) atoms. The summed E-state index contributed by atoms with van der Waals surface area (Å²) in [5.74, 6) is 0.654. The standard InChI is InChI=1S/C15H26N3O/c1-4-6-7-14(5-2)13-19-18-10-8-15(9-11-18)12-17-16-3/h8-11,14H,4-7,12-13H2,1-3H3/q+1. The predicted octanol–water partition coefficient (Wildman–Crippen LogP) is 3.20. The van der Waals surface area contributed by atoms with Crippen LogP contribution >= 0.6 is 0 Å². The van der Waals surface area contributed by atoms with Gasteiger partial charge in [0.15, 0.2) is 6.61 Å². The Balaban J connectivity index is 2.39. The summed E-state index contributed by atoms with van der Waals surface area (Å²) in [4.78, 5) is 5.78. The molecule has 0 bridgehead atoms.